The molecule has 1 fully saturated rings. The van der Waals surface area contributed by atoms with Gasteiger partial charge in [-0.1, -0.05) is 12.1 Å². The number of alkyl halides is 1. The van der Waals surface area contributed by atoms with Gasteiger partial charge in [0.25, 0.3) is 5.91 Å². The second-order valence-electron chi connectivity index (χ2n) is 7.63. The van der Waals surface area contributed by atoms with Crippen molar-refractivity contribution < 1.29 is 14.3 Å². The molecular weight excluding hydrogens is 352 g/mol. The molecule has 2 amide bonds. The maximum Gasteiger partial charge on any atom is 0.260 e. The summed E-state index contributed by atoms with van der Waals surface area (Å²) < 4.78 is 5.71. The Labute approximate surface area is 161 Å². The molecule has 1 aromatic carbocycles. The number of amides is 2. The lowest BCUT2D eigenvalue weighted by atomic mass is 9.93. The summed E-state index contributed by atoms with van der Waals surface area (Å²) in [6.07, 6.45) is 1.50. The number of benzene rings is 1. The lowest BCUT2D eigenvalue weighted by Gasteiger charge is -2.34. The van der Waals surface area contributed by atoms with Crippen LogP contribution in [0.15, 0.2) is 18.2 Å². The zero-order valence-electron chi connectivity index (χ0n) is 16.1. The number of nitrogens with zero attached hydrogens (tertiary/aromatic N) is 1. The van der Waals surface area contributed by atoms with Gasteiger partial charge in [-0.15, -0.1) is 11.6 Å². The third-order valence-electron chi connectivity index (χ3n) is 5.04. The quantitative estimate of drug-likeness (QED) is 0.771. The van der Waals surface area contributed by atoms with E-state index in [9.17, 15) is 9.59 Å². The molecule has 26 heavy (non-hydrogen) atoms. The Hall–Kier alpha value is -1.75. The van der Waals surface area contributed by atoms with Gasteiger partial charge in [0.2, 0.25) is 5.91 Å². The molecule has 0 atom stereocenters. The van der Waals surface area contributed by atoms with Gasteiger partial charge < -0.3 is 15.0 Å². The Kier molecular flexibility index (Phi) is 6.93. The molecule has 0 spiro atoms. The average Bonchev–Trinajstić information content (AvgIpc) is 2.63. The van der Waals surface area contributed by atoms with E-state index in [1.807, 2.05) is 45.9 Å². The lowest BCUT2D eigenvalue weighted by molar-refractivity contribution is -0.134. The maximum atomic E-state index is 12.4. The predicted octanol–water partition coefficient (Wildman–Crippen LogP) is 3.05. The van der Waals surface area contributed by atoms with E-state index in [1.165, 1.54) is 0 Å². The summed E-state index contributed by atoms with van der Waals surface area (Å²) in [5, 5.41) is 3.05. The molecule has 5 nitrogen and oxygen atoms in total. The fraction of sp³-hybridized carbons (Fsp3) is 0.600. The van der Waals surface area contributed by atoms with E-state index in [0.717, 1.165) is 29.7 Å². The van der Waals surface area contributed by atoms with Gasteiger partial charge in [0.05, 0.1) is 5.41 Å². The second kappa shape index (κ2) is 8.76. The third-order valence-corrected chi connectivity index (χ3v) is 5.71. The molecule has 1 N–H and O–H groups in total. The molecule has 1 aliphatic heterocycles. The molecule has 1 saturated heterocycles. The van der Waals surface area contributed by atoms with E-state index in [0.29, 0.717) is 13.1 Å². The van der Waals surface area contributed by atoms with Gasteiger partial charge in [-0.2, -0.15) is 0 Å². The van der Waals surface area contributed by atoms with Crippen LogP contribution in [-0.2, 0) is 9.59 Å². The van der Waals surface area contributed by atoms with Gasteiger partial charge in [0.15, 0.2) is 6.61 Å². The first-order valence-electron chi connectivity index (χ1n) is 9.08. The molecule has 2 rings (SSSR count). The second-order valence-corrected chi connectivity index (χ2v) is 7.90. The van der Waals surface area contributed by atoms with Crippen LogP contribution in [0, 0.1) is 19.3 Å². The molecular formula is C20H29ClN2O3. The molecule has 0 radical (unpaired) electrons. The molecule has 0 aliphatic carbocycles. The molecule has 0 aromatic heterocycles. The Balaban J connectivity index is 1.79. The minimum Gasteiger partial charge on any atom is -0.483 e. The number of nitrogens with one attached hydrogen (secondary N) is 1. The van der Waals surface area contributed by atoms with Gasteiger partial charge in [-0.05, 0) is 57.7 Å². The SMILES string of the molecule is Cc1cccc(OCC(=O)N2CCC(NC(=O)C(C)(C)CCl)CC2)c1C. The van der Waals surface area contributed by atoms with Crippen molar-refractivity contribution in [2.45, 2.75) is 46.6 Å². The van der Waals surface area contributed by atoms with Gasteiger partial charge >= 0.3 is 0 Å². The van der Waals surface area contributed by atoms with Crippen molar-refractivity contribution in [3.63, 3.8) is 0 Å². The lowest BCUT2D eigenvalue weighted by Crippen LogP contribution is -2.50. The Morgan fingerprint density at radius 2 is 1.92 bits per heavy atom. The topological polar surface area (TPSA) is 58.6 Å². The normalized spacial score (nSPS) is 15.7. The smallest absolute Gasteiger partial charge is 0.260 e. The summed E-state index contributed by atoms with van der Waals surface area (Å²) in [5.74, 6) is 0.988. The van der Waals surface area contributed by atoms with Crippen molar-refractivity contribution >= 4 is 23.4 Å². The first-order valence-corrected chi connectivity index (χ1v) is 9.62. The van der Waals surface area contributed by atoms with Crippen LogP contribution in [-0.4, -0.2) is 48.3 Å². The summed E-state index contributed by atoms with van der Waals surface area (Å²) in [5.41, 5.74) is 1.63. The summed E-state index contributed by atoms with van der Waals surface area (Å²) in [6.45, 7) is 8.97. The minimum absolute atomic E-state index is 0.0169. The highest BCUT2D eigenvalue weighted by molar-refractivity contribution is 6.19. The monoisotopic (exact) mass is 380 g/mol. The number of rotatable bonds is 6. The fourth-order valence-corrected chi connectivity index (χ4v) is 2.95. The van der Waals surface area contributed by atoms with E-state index >= 15 is 0 Å². The number of carbonyl (C=O) groups is 2. The van der Waals surface area contributed by atoms with Crippen molar-refractivity contribution in [2.24, 2.45) is 5.41 Å². The molecule has 0 saturated carbocycles. The number of ether oxygens (including phenoxy) is 1. The molecule has 1 heterocycles. The summed E-state index contributed by atoms with van der Waals surface area (Å²) in [7, 11) is 0. The number of hydrogen-bond donors (Lipinski definition) is 1. The van der Waals surface area contributed by atoms with Crippen molar-refractivity contribution in [2.75, 3.05) is 25.6 Å². The van der Waals surface area contributed by atoms with Crippen LogP contribution in [0.25, 0.3) is 0 Å². The number of halogens is 1. The number of hydrogen-bond acceptors (Lipinski definition) is 3. The largest absolute Gasteiger partial charge is 0.483 e. The highest BCUT2D eigenvalue weighted by Gasteiger charge is 2.30. The van der Waals surface area contributed by atoms with Gasteiger partial charge in [0, 0.05) is 25.0 Å². The van der Waals surface area contributed by atoms with E-state index in [4.69, 9.17) is 16.3 Å². The van der Waals surface area contributed by atoms with Gasteiger partial charge in [0.1, 0.15) is 5.75 Å². The molecule has 1 aliphatic rings. The number of carbonyl (C=O) groups excluding carboxylic acids is 2. The Morgan fingerprint density at radius 3 is 2.54 bits per heavy atom. The van der Waals surface area contributed by atoms with Crippen LogP contribution in [0.5, 0.6) is 5.75 Å². The van der Waals surface area contributed by atoms with Crippen molar-refractivity contribution in [1.29, 1.82) is 0 Å². The van der Waals surface area contributed by atoms with Crippen molar-refractivity contribution in [3.8, 4) is 5.75 Å². The first kappa shape index (κ1) is 20.6. The maximum absolute atomic E-state index is 12.4. The summed E-state index contributed by atoms with van der Waals surface area (Å²) in [4.78, 5) is 26.4. The number of likely N-dealkylation sites (tertiary alicyclic amines) is 1. The van der Waals surface area contributed by atoms with Crippen LogP contribution in [0.1, 0.15) is 37.8 Å². The molecule has 0 unspecified atom stereocenters. The van der Waals surface area contributed by atoms with E-state index < -0.39 is 5.41 Å². The van der Waals surface area contributed by atoms with Crippen LogP contribution in [0.4, 0.5) is 0 Å². The van der Waals surface area contributed by atoms with Crippen LogP contribution in [0.3, 0.4) is 0 Å². The Bertz CT molecular complexity index is 652. The summed E-state index contributed by atoms with van der Waals surface area (Å²) >= 11 is 5.85. The highest BCUT2D eigenvalue weighted by Crippen LogP contribution is 2.21. The predicted molar refractivity (Wildman–Crippen MR) is 104 cm³/mol. The molecule has 6 heteroatoms. The minimum atomic E-state index is -0.575. The number of aryl methyl sites for hydroxylation is 1. The third kappa shape index (κ3) is 5.13. The van der Waals surface area contributed by atoms with Crippen molar-refractivity contribution in [3.05, 3.63) is 29.3 Å². The molecule has 0 bridgehead atoms. The van der Waals surface area contributed by atoms with Crippen LogP contribution >= 0.6 is 11.6 Å². The van der Waals surface area contributed by atoms with Crippen molar-refractivity contribution in [1.82, 2.24) is 10.2 Å². The molecule has 144 valence electrons. The van der Waals surface area contributed by atoms with E-state index in [2.05, 4.69) is 5.32 Å². The first-order chi connectivity index (χ1) is 12.2. The highest BCUT2D eigenvalue weighted by atomic mass is 35.5. The van der Waals surface area contributed by atoms with Gasteiger partial charge in [-0.3, -0.25) is 9.59 Å². The van der Waals surface area contributed by atoms with Crippen LogP contribution in [0.2, 0.25) is 0 Å². The Morgan fingerprint density at radius 1 is 1.27 bits per heavy atom. The fourth-order valence-electron chi connectivity index (χ4n) is 2.83. The zero-order chi connectivity index (χ0) is 19.3. The van der Waals surface area contributed by atoms with E-state index in [-0.39, 0.29) is 30.3 Å². The van der Waals surface area contributed by atoms with Crippen LogP contribution < -0.4 is 10.1 Å². The standard InChI is InChI=1S/C20H29ClN2O3/c1-14-6-5-7-17(15(14)2)26-12-18(24)23-10-8-16(9-11-23)22-19(25)20(3,4)13-21/h5-7,16H,8-13H2,1-4H3,(H,22,25). The van der Waals surface area contributed by atoms with E-state index in [1.54, 1.807) is 4.90 Å². The number of piperidine rings is 1. The zero-order valence-corrected chi connectivity index (χ0v) is 16.9. The average molecular weight is 381 g/mol. The van der Waals surface area contributed by atoms with Gasteiger partial charge in [-0.25, -0.2) is 0 Å². The summed E-state index contributed by atoms with van der Waals surface area (Å²) in [6, 6.07) is 5.93. The molecule has 1 aromatic rings.